The Balaban J connectivity index is 2.32. The minimum atomic E-state index is -2.86. The van der Waals surface area contributed by atoms with Crippen LogP contribution >= 0.6 is 15.9 Å². The molecule has 18 heavy (non-hydrogen) atoms. The number of aromatic nitrogens is 2. The fourth-order valence-corrected chi connectivity index (χ4v) is 4.97. The summed E-state index contributed by atoms with van der Waals surface area (Å²) in [5.41, 5.74) is 2.11. The molecule has 0 amide bonds. The molecular formula is C11H18BrN3O2S. The van der Waals surface area contributed by atoms with Crippen LogP contribution in [0.1, 0.15) is 17.7 Å². The zero-order chi connectivity index (χ0) is 13.5. The summed E-state index contributed by atoms with van der Waals surface area (Å²) in [6, 6.07) is 0.0580. The van der Waals surface area contributed by atoms with Gasteiger partial charge in [-0.2, -0.15) is 5.10 Å². The maximum atomic E-state index is 11.6. The third-order valence-corrected chi connectivity index (χ3v) is 5.85. The average molecular weight is 336 g/mol. The van der Waals surface area contributed by atoms with Crippen LogP contribution < -0.4 is 4.90 Å². The van der Waals surface area contributed by atoms with Crippen molar-refractivity contribution in [2.75, 3.05) is 23.5 Å². The van der Waals surface area contributed by atoms with Crippen molar-refractivity contribution >= 4 is 31.6 Å². The third kappa shape index (κ3) is 2.42. The number of aryl methyl sites for hydroxylation is 2. The molecule has 1 atom stereocenters. The molecule has 5 nitrogen and oxygen atoms in total. The maximum absolute atomic E-state index is 11.6. The number of rotatable bonds is 3. The lowest BCUT2D eigenvalue weighted by molar-refractivity contribution is 0.600. The normalized spacial score (nSPS) is 22.3. The van der Waals surface area contributed by atoms with E-state index in [1.54, 1.807) is 0 Å². The van der Waals surface area contributed by atoms with Crippen LogP contribution in [0.3, 0.4) is 0 Å². The summed E-state index contributed by atoms with van der Waals surface area (Å²) in [5, 5.41) is 5.13. The molecule has 1 unspecified atom stereocenters. The number of halogens is 1. The summed E-state index contributed by atoms with van der Waals surface area (Å²) < 4.78 is 25.0. The van der Waals surface area contributed by atoms with Crippen molar-refractivity contribution in [2.45, 2.75) is 24.7 Å². The van der Waals surface area contributed by atoms with Gasteiger partial charge in [-0.25, -0.2) is 8.42 Å². The molecule has 0 aliphatic carbocycles. The SMILES string of the molecule is Cc1nn(C)c(N(C)C2CCS(=O)(=O)C2)c1CBr. The average Bonchev–Trinajstić information content (AvgIpc) is 2.77. The molecule has 1 fully saturated rings. The van der Waals surface area contributed by atoms with E-state index in [9.17, 15) is 8.42 Å². The molecule has 102 valence electrons. The van der Waals surface area contributed by atoms with Gasteiger partial charge in [-0.05, 0) is 13.3 Å². The minimum Gasteiger partial charge on any atom is -0.356 e. The Hall–Kier alpha value is -0.560. The summed E-state index contributed by atoms with van der Waals surface area (Å²) in [6.45, 7) is 1.97. The van der Waals surface area contributed by atoms with Gasteiger partial charge in [0.1, 0.15) is 5.82 Å². The van der Waals surface area contributed by atoms with Gasteiger partial charge in [0.05, 0.1) is 17.2 Å². The Morgan fingerprint density at radius 1 is 1.56 bits per heavy atom. The first-order valence-electron chi connectivity index (χ1n) is 5.87. The first kappa shape index (κ1) is 13.9. The smallest absolute Gasteiger partial charge is 0.152 e. The summed E-state index contributed by atoms with van der Waals surface area (Å²) in [4.78, 5) is 2.06. The molecule has 7 heteroatoms. The number of sulfone groups is 1. The Morgan fingerprint density at radius 3 is 2.72 bits per heavy atom. The molecule has 1 aromatic rings. The molecule has 1 aliphatic rings. The van der Waals surface area contributed by atoms with Crippen molar-refractivity contribution in [1.82, 2.24) is 9.78 Å². The minimum absolute atomic E-state index is 0.0580. The molecule has 1 saturated heterocycles. The Bertz CT molecular complexity index is 553. The van der Waals surface area contributed by atoms with Crippen LogP contribution in [0.15, 0.2) is 0 Å². The number of hydrogen-bond donors (Lipinski definition) is 0. The van der Waals surface area contributed by atoms with Gasteiger partial charge in [0.15, 0.2) is 9.84 Å². The van der Waals surface area contributed by atoms with Crippen molar-refractivity contribution < 1.29 is 8.42 Å². The Kier molecular flexibility index (Phi) is 3.73. The van der Waals surface area contributed by atoms with E-state index in [4.69, 9.17) is 0 Å². The van der Waals surface area contributed by atoms with Crippen molar-refractivity contribution in [1.29, 1.82) is 0 Å². The molecule has 0 N–H and O–H groups in total. The highest BCUT2D eigenvalue weighted by molar-refractivity contribution is 9.08. The van der Waals surface area contributed by atoms with E-state index in [0.717, 1.165) is 22.4 Å². The molecule has 0 saturated carbocycles. The summed E-state index contributed by atoms with van der Waals surface area (Å²) in [6.07, 6.45) is 0.699. The van der Waals surface area contributed by atoms with Crippen LogP contribution in [0.5, 0.6) is 0 Å². The molecule has 0 radical (unpaired) electrons. The van der Waals surface area contributed by atoms with Crippen LogP contribution in [0.2, 0.25) is 0 Å². The highest BCUT2D eigenvalue weighted by Gasteiger charge is 2.32. The monoisotopic (exact) mass is 335 g/mol. The predicted molar refractivity (Wildman–Crippen MR) is 76.0 cm³/mol. The lowest BCUT2D eigenvalue weighted by Gasteiger charge is -2.26. The Labute approximate surface area is 116 Å². The quantitative estimate of drug-likeness (QED) is 0.780. The first-order valence-corrected chi connectivity index (χ1v) is 8.81. The van der Waals surface area contributed by atoms with E-state index in [0.29, 0.717) is 12.2 Å². The van der Waals surface area contributed by atoms with Crippen LogP contribution in [0.4, 0.5) is 5.82 Å². The predicted octanol–water partition coefficient (Wildman–Crippen LogP) is 1.25. The second kappa shape index (κ2) is 4.85. The number of alkyl halides is 1. The van der Waals surface area contributed by atoms with Gasteiger partial charge in [-0.3, -0.25) is 4.68 Å². The second-order valence-electron chi connectivity index (χ2n) is 4.81. The largest absolute Gasteiger partial charge is 0.356 e. The van der Waals surface area contributed by atoms with Gasteiger partial charge in [0, 0.05) is 31.0 Å². The van der Waals surface area contributed by atoms with Crippen LogP contribution in [0.25, 0.3) is 0 Å². The fourth-order valence-electron chi connectivity index (χ4n) is 2.54. The molecule has 0 aromatic carbocycles. The van der Waals surface area contributed by atoms with Gasteiger partial charge >= 0.3 is 0 Å². The zero-order valence-electron chi connectivity index (χ0n) is 10.9. The van der Waals surface area contributed by atoms with Gasteiger partial charge in [-0.1, -0.05) is 15.9 Å². The summed E-state index contributed by atoms with van der Waals surface area (Å²) in [5.74, 6) is 1.55. The van der Waals surface area contributed by atoms with Crippen LogP contribution in [-0.2, 0) is 22.2 Å². The van der Waals surface area contributed by atoms with E-state index in [-0.39, 0.29) is 11.8 Å². The number of hydrogen-bond acceptors (Lipinski definition) is 4. The summed E-state index contributed by atoms with van der Waals surface area (Å²) >= 11 is 3.47. The second-order valence-corrected chi connectivity index (χ2v) is 7.60. The first-order chi connectivity index (χ1) is 8.35. The van der Waals surface area contributed by atoms with E-state index >= 15 is 0 Å². The van der Waals surface area contributed by atoms with Gasteiger partial charge in [-0.15, -0.1) is 0 Å². The maximum Gasteiger partial charge on any atom is 0.152 e. The molecule has 2 rings (SSSR count). The molecule has 1 aromatic heterocycles. The highest BCUT2D eigenvalue weighted by Crippen LogP contribution is 2.29. The number of nitrogens with zero attached hydrogens (tertiary/aromatic N) is 3. The molecule has 1 aliphatic heterocycles. The lowest BCUT2D eigenvalue weighted by atomic mass is 10.2. The van der Waals surface area contributed by atoms with E-state index in [2.05, 4.69) is 25.9 Å². The Morgan fingerprint density at radius 2 is 2.22 bits per heavy atom. The lowest BCUT2D eigenvalue weighted by Crippen LogP contribution is -2.34. The zero-order valence-corrected chi connectivity index (χ0v) is 13.3. The third-order valence-electron chi connectivity index (χ3n) is 3.54. The molecular weight excluding hydrogens is 318 g/mol. The fraction of sp³-hybridized carbons (Fsp3) is 0.727. The molecule has 2 heterocycles. The number of anilines is 1. The molecule has 0 bridgehead atoms. The van der Waals surface area contributed by atoms with E-state index < -0.39 is 9.84 Å². The van der Waals surface area contributed by atoms with Crippen LogP contribution in [-0.4, -0.2) is 42.8 Å². The van der Waals surface area contributed by atoms with E-state index in [1.165, 1.54) is 0 Å². The van der Waals surface area contributed by atoms with Crippen molar-refractivity contribution in [3.8, 4) is 0 Å². The van der Waals surface area contributed by atoms with Crippen molar-refractivity contribution in [3.05, 3.63) is 11.3 Å². The van der Waals surface area contributed by atoms with Gasteiger partial charge < -0.3 is 4.90 Å². The highest BCUT2D eigenvalue weighted by atomic mass is 79.9. The topological polar surface area (TPSA) is 55.2 Å². The van der Waals surface area contributed by atoms with Crippen molar-refractivity contribution in [3.63, 3.8) is 0 Å². The molecule has 0 spiro atoms. The van der Waals surface area contributed by atoms with E-state index in [1.807, 2.05) is 25.7 Å². The van der Waals surface area contributed by atoms with Gasteiger partial charge in [0.2, 0.25) is 0 Å². The van der Waals surface area contributed by atoms with Crippen LogP contribution in [0, 0.1) is 6.92 Å². The standard InChI is InChI=1S/C11H18BrN3O2S/c1-8-10(6-12)11(15(3)13-8)14(2)9-4-5-18(16,17)7-9/h9H,4-7H2,1-3H3. The summed E-state index contributed by atoms with van der Waals surface area (Å²) in [7, 11) is 0.993. The van der Waals surface area contributed by atoms with Crippen molar-refractivity contribution in [2.24, 2.45) is 7.05 Å². The van der Waals surface area contributed by atoms with Gasteiger partial charge in [0.25, 0.3) is 0 Å².